The van der Waals surface area contributed by atoms with Gasteiger partial charge in [0.1, 0.15) is 0 Å². The molecule has 3 rings (SSSR count). The first kappa shape index (κ1) is 17.7. The maximum absolute atomic E-state index is 5.49. The van der Waals surface area contributed by atoms with Gasteiger partial charge in [-0.1, -0.05) is 42.5 Å². The number of benzene rings is 2. The first-order chi connectivity index (χ1) is 12.3. The first-order valence-corrected chi connectivity index (χ1v) is 9.31. The first-order valence-electron chi connectivity index (χ1n) is 9.31. The van der Waals surface area contributed by atoms with Gasteiger partial charge >= 0.3 is 0 Å². The molecule has 1 N–H and O–H groups in total. The van der Waals surface area contributed by atoms with Crippen LogP contribution in [0.25, 0.3) is 10.8 Å². The average Bonchev–Trinajstić information content (AvgIpc) is 3.14. The van der Waals surface area contributed by atoms with Crippen molar-refractivity contribution in [1.82, 2.24) is 10.2 Å². The van der Waals surface area contributed by atoms with Gasteiger partial charge in [-0.05, 0) is 36.1 Å². The second-order valence-corrected chi connectivity index (χ2v) is 6.73. The van der Waals surface area contributed by atoms with Crippen molar-refractivity contribution in [2.45, 2.75) is 19.8 Å². The fraction of sp³-hybridized carbons (Fsp3) is 0.476. The van der Waals surface area contributed by atoms with Crippen LogP contribution in [0.2, 0.25) is 0 Å². The maximum atomic E-state index is 5.49. The van der Waals surface area contributed by atoms with Crippen molar-refractivity contribution in [3.05, 3.63) is 48.0 Å². The summed E-state index contributed by atoms with van der Waals surface area (Å²) in [6.07, 6.45) is 2.11. The Balaban J connectivity index is 1.64. The lowest BCUT2D eigenvalue weighted by molar-refractivity contribution is 0.181. The number of guanidine groups is 1. The van der Waals surface area contributed by atoms with Gasteiger partial charge in [0.2, 0.25) is 0 Å². The third kappa shape index (κ3) is 4.73. The zero-order valence-electron chi connectivity index (χ0n) is 15.4. The molecule has 0 bridgehead atoms. The minimum Gasteiger partial charge on any atom is -0.381 e. The molecule has 0 amide bonds. The number of aliphatic imine (C=N–C) groups is 1. The summed E-state index contributed by atoms with van der Waals surface area (Å²) in [5, 5.41) is 6.05. The Labute approximate surface area is 150 Å². The zero-order chi connectivity index (χ0) is 17.5. The molecule has 0 aliphatic carbocycles. The van der Waals surface area contributed by atoms with Crippen LogP contribution in [-0.4, -0.2) is 50.8 Å². The quantitative estimate of drug-likeness (QED) is 0.648. The van der Waals surface area contributed by atoms with Gasteiger partial charge in [-0.25, -0.2) is 0 Å². The third-order valence-corrected chi connectivity index (χ3v) is 4.78. The molecule has 0 spiro atoms. The molecule has 1 aliphatic rings. The van der Waals surface area contributed by atoms with E-state index in [1.807, 2.05) is 0 Å². The largest absolute Gasteiger partial charge is 0.381 e. The Kier molecular flexibility index (Phi) is 6.29. The van der Waals surface area contributed by atoms with Gasteiger partial charge in [0.05, 0.1) is 6.61 Å². The van der Waals surface area contributed by atoms with Gasteiger partial charge in [-0.2, -0.15) is 0 Å². The predicted octanol–water partition coefficient (Wildman–Crippen LogP) is 3.32. The van der Waals surface area contributed by atoms with E-state index in [-0.39, 0.29) is 0 Å². The molecule has 1 unspecified atom stereocenters. The van der Waals surface area contributed by atoms with Gasteiger partial charge < -0.3 is 15.0 Å². The van der Waals surface area contributed by atoms with Crippen LogP contribution < -0.4 is 5.32 Å². The number of hydrogen-bond donors (Lipinski definition) is 1. The fourth-order valence-corrected chi connectivity index (χ4v) is 3.46. The van der Waals surface area contributed by atoms with Crippen molar-refractivity contribution in [2.75, 3.05) is 39.9 Å². The Morgan fingerprint density at radius 3 is 2.88 bits per heavy atom. The second-order valence-electron chi connectivity index (χ2n) is 6.73. The predicted molar refractivity (Wildman–Crippen MR) is 105 cm³/mol. The van der Waals surface area contributed by atoms with E-state index in [0.29, 0.717) is 5.92 Å². The minimum atomic E-state index is 0.618. The molecule has 1 atom stereocenters. The van der Waals surface area contributed by atoms with Crippen molar-refractivity contribution in [3.63, 3.8) is 0 Å². The summed E-state index contributed by atoms with van der Waals surface area (Å²) in [6, 6.07) is 15.1. The van der Waals surface area contributed by atoms with Gasteiger partial charge in [0.25, 0.3) is 0 Å². The minimum absolute atomic E-state index is 0.618. The van der Waals surface area contributed by atoms with Crippen LogP contribution in [0.4, 0.5) is 0 Å². The number of rotatable bonds is 6. The lowest BCUT2D eigenvalue weighted by Gasteiger charge is -2.24. The molecule has 0 aromatic heterocycles. The topological polar surface area (TPSA) is 36.9 Å². The third-order valence-electron chi connectivity index (χ3n) is 4.78. The van der Waals surface area contributed by atoms with Crippen molar-refractivity contribution < 1.29 is 4.74 Å². The normalized spacial score (nSPS) is 17.8. The molecule has 2 aromatic carbocycles. The lowest BCUT2D eigenvalue weighted by atomic mass is 10.0. The number of nitrogens with zero attached hydrogens (tertiary/aromatic N) is 2. The number of ether oxygens (including phenoxy) is 1. The molecule has 1 heterocycles. The van der Waals surface area contributed by atoms with E-state index in [1.54, 1.807) is 0 Å². The molecule has 4 heteroatoms. The molecule has 1 fully saturated rings. The van der Waals surface area contributed by atoms with E-state index in [9.17, 15) is 0 Å². The molecule has 0 radical (unpaired) electrons. The molecule has 1 saturated heterocycles. The van der Waals surface area contributed by atoms with Crippen LogP contribution >= 0.6 is 0 Å². The van der Waals surface area contributed by atoms with Gasteiger partial charge in [0.15, 0.2) is 5.96 Å². The summed E-state index contributed by atoms with van der Waals surface area (Å²) in [4.78, 5) is 7.09. The van der Waals surface area contributed by atoms with Crippen molar-refractivity contribution >= 4 is 16.7 Å². The molecule has 134 valence electrons. The molecule has 1 aliphatic heterocycles. The monoisotopic (exact) mass is 339 g/mol. The Bertz CT molecular complexity index is 702. The van der Waals surface area contributed by atoms with E-state index in [1.165, 1.54) is 16.3 Å². The highest BCUT2D eigenvalue weighted by Gasteiger charge is 2.18. The highest BCUT2D eigenvalue weighted by molar-refractivity contribution is 5.85. The van der Waals surface area contributed by atoms with Gasteiger partial charge in [0, 0.05) is 39.2 Å². The summed E-state index contributed by atoms with van der Waals surface area (Å²) >= 11 is 0. The molecular weight excluding hydrogens is 310 g/mol. The van der Waals surface area contributed by atoms with Crippen LogP contribution in [0.1, 0.15) is 18.9 Å². The van der Waals surface area contributed by atoms with Crippen LogP contribution in [0.3, 0.4) is 0 Å². The molecule has 25 heavy (non-hydrogen) atoms. The van der Waals surface area contributed by atoms with Crippen molar-refractivity contribution in [3.8, 4) is 0 Å². The molecule has 2 aromatic rings. The Morgan fingerprint density at radius 2 is 2.08 bits per heavy atom. The van der Waals surface area contributed by atoms with Crippen molar-refractivity contribution in [2.24, 2.45) is 10.9 Å². The second kappa shape index (κ2) is 8.86. The lowest BCUT2D eigenvalue weighted by Crippen LogP contribution is -2.41. The van der Waals surface area contributed by atoms with Crippen LogP contribution in [0.15, 0.2) is 47.5 Å². The molecular formula is C21H29N3O. The summed E-state index contributed by atoms with van der Waals surface area (Å²) < 4.78 is 5.49. The van der Waals surface area contributed by atoms with E-state index in [4.69, 9.17) is 9.73 Å². The standard InChI is InChI=1S/C21H29N3O/c1-3-22-21(24(2)15-17-12-14-25-16-17)23-13-11-19-9-6-8-18-7-4-5-10-20(18)19/h4-10,17H,3,11-16H2,1-2H3,(H,22,23). The van der Waals surface area contributed by atoms with E-state index >= 15 is 0 Å². The van der Waals surface area contributed by atoms with Crippen molar-refractivity contribution in [1.29, 1.82) is 0 Å². The smallest absolute Gasteiger partial charge is 0.193 e. The Morgan fingerprint density at radius 1 is 1.24 bits per heavy atom. The van der Waals surface area contributed by atoms with Crippen LogP contribution in [-0.2, 0) is 11.2 Å². The summed E-state index contributed by atoms with van der Waals surface area (Å²) in [5.41, 5.74) is 1.37. The number of hydrogen-bond acceptors (Lipinski definition) is 2. The highest BCUT2D eigenvalue weighted by atomic mass is 16.5. The van der Waals surface area contributed by atoms with Crippen LogP contribution in [0, 0.1) is 5.92 Å². The van der Waals surface area contributed by atoms with E-state index < -0.39 is 0 Å². The summed E-state index contributed by atoms with van der Waals surface area (Å²) in [6.45, 7) is 6.57. The highest BCUT2D eigenvalue weighted by Crippen LogP contribution is 2.19. The Hall–Kier alpha value is -2.07. The molecule has 4 nitrogen and oxygen atoms in total. The van der Waals surface area contributed by atoms with Gasteiger partial charge in [-0.15, -0.1) is 0 Å². The SMILES string of the molecule is CCNC(=NCCc1cccc2ccccc12)N(C)CC1CCOC1. The van der Waals surface area contributed by atoms with E-state index in [2.05, 4.69) is 66.7 Å². The van der Waals surface area contributed by atoms with E-state index in [0.717, 1.165) is 51.6 Å². The molecule has 0 saturated carbocycles. The average molecular weight is 339 g/mol. The summed E-state index contributed by atoms with van der Waals surface area (Å²) in [7, 11) is 2.12. The van der Waals surface area contributed by atoms with Gasteiger partial charge in [-0.3, -0.25) is 4.99 Å². The summed E-state index contributed by atoms with van der Waals surface area (Å²) in [5.74, 6) is 1.61. The fourth-order valence-electron chi connectivity index (χ4n) is 3.46. The number of nitrogens with one attached hydrogen (secondary N) is 1. The zero-order valence-corrected chi connectivity index (χ0v) is 15.4. The number of fused-ring (bicyclic) bond motifs is 1. The maximum Gasteiger partial charge on any atom is 0.193 e. The van der Waals surface area contributed by atoms with Crippen LogP contribution in [0.5, 0.6) is 0 Å².